The number of fused-ring (bicyclic) bond motifs is 2. The van der Waals surface area contributed by atoms with Crippen LogP contribution in [-0.4, -0.2) is 83.4 Å². The summed E-state index contributed by atoms with van der Waals surface area (Å²) in [7, 11) is 3.17. The highest BCUT2D eigenvalue weighted by molar-refractivity contribution is 6.00. The average Bonchev–Trinajstić information content (AvgIpc) is 3.87. The number of amides is 2. The van der Waals surface area contributed by atoms with Crippen molar-refractivity contribution >= 4 is 23.1 Å². The topological polar surface area (TPSA) is 120 Å². The van der Waals surface area contributed by atoms with Crippen molar-refractivity contribution in [1.29, 1.82) is 0 Å². The van der Waals surface area contributed by atoms with Gasteiger partial charge in [-0.25, -0.2) is 9.50 Å². The molecule has 1 N–H and O–H groups in total. The second-order valence-electron chi connectivity index (χ2n) is 12.4. The van der Waals surface area contributed by atoms with Gasteiger partial charge in [-0.15, -0.1) is 0 Å². The molecule has 12 nitrogen and oxygen atoms in total. The molecule has 0 atom stereocenters. The van der Waals surface area contributed by atoms with Crippen molar-refractivity contribution in [1.82, 2.24) is 24.4 Å². The number of carbonyl (C=O) groups excluding carboxylic acids is 2. The highest BCUT2D eigenvalue weighted by Crippen LogP contribution is 2.35. The first-order valence-electron chi connectivity index (χ1n) is 17.0. The Labute approximate surface area is 300 Å². The summed E-state index contributed by atoms with van der Waals surface area (Å²) in [6.07, 6.45) is 0. The lowest BCUT2D eigenvalue weighted by molar-refractivity contribution is 0.0533. The Morgan fingerprint density at radius 1 is 0.731 bits per heavy atom. The van der Waals surface area contributed by atoms with Crippen LogP contribution in [0.25, 0.3) is 28.2 Å². The summed E-state index contributed by atoms with van der Waals surface area (Å²) < 4.78 is 23.7. The van der Waals surface area contributed by atoms with E-state index in [2.05, 4.69) is 5.32 Å². The van der Waals surface area contributed by atoms with Gasteiger partial charge in [0, 0.05) is 55.6 Å². The first-order chi connectivity index (χ1) is 25.5. The van der Waals surface area contributed by atoms with Crippen molar-refractivity contribution in [2.45, 2.75) is 6.54 Å². The summed E-state index contributed by atoms with van der Waals surface area (Å²) in [4.78, 5) is 36.2. The first-order valence-corrected chi connectivity index (χ1v) is 17.0. The van der Waals surface area contributed by atoms with Crippen LogP contribution in [0.1, 0.15) is 26.4 Å². The quantitative estimate of drug-likeness (QED) is 0.194. The van der Waals surface area contributed by atoms with Crippen molar-refractivity contribution < 1.29 is 28.5 Å². The van der Waals surface area contributed by atoms with Gasteiger partial charge >= 0.3 is 0 Å². The van der Waals surface area contributed by atoms with E-state index in [9.17, 15) is 9.59 Å². The fraction of sp³-hybridized carbons (Fsp3) is 0.200. The molecule has 12 heteroatoms. The number of nitrogens with zero attached hydrogens (tertiary/aromatic N) is 5. The second-order valence-corrected chi connectivity index (χ2v) is 12.4. The molecule has 4 heterocycles. The van der Waals surface area contributed by atoms with E-state index in [4.69, 9.17) is 29.0 Å². The van der Waals surface area contributed by atoms with Crippen LogP contribution >= 0.6 is 0 Å². The SMILES string of the molecule is COc1ccc(-c2cc(C(=O)N3CCN(C(=O)c4ccccc4NCc4ccc5c(c4)OCO5)CC3)nc3cc(-c4ccccc4)nn23)cc1OC. The van der Waals surface area contributed by atoms with Gasteiger partial charge in [-0.3, -0.25) is 9.59 Å². The summed E-state index contributed by atoms with van der Waals surface area (Å²) in [6.45, 7) is 2.23. The molecular weight excluding hydrogens is 660 g/mol. The molecule has 0 radical (unpaired) electrons. The lowest BCUT2D eigenvalue weighted by Crippen LogP contribution is -2.50. The Balaban J connectivity index is 1.01. The van der Waals surface area contributed by atoms with Gasteiger partial charge in [0.25, 0.3) is 11.8 Å². The lowest BCUT2D eigenvalue weighted by atomic mass is 10.1. The highest BCUT2D eigenvalue weighted by atomic mass is 16.7. The molecule has 0 bridgehead atoms. The van der Waals surface area contributed by atoms with Crippen molar-refractivity contribution in [3.05, 3.63) is 120 Å². The Bertz CT molecular complexity index is 2280. The van der Waals surface area contributed by atoms with Gasteiger partial charge in [0.1, 0.15) is 5.69 Å². The van der Waals surface area contributed by atoms with Gasteiger partial charge in [0.2, 0.25) is 6.79 Å². The Morgan fingerprint density at radius 3 is 2.25 bits per heavy atom. The number of hydrogen-bond donors (Lipinski definition) is 1. The molecule has 1 fully saturated rings. The number of nitrogens with one attached hydrogen (secondary N) is 1. The smallest absolute Gasteiger partial charge is 0.272 e. The maximum atomic E-state index is 14.1. The van der Waals surface area contributed by atoms with Crippen LogP contribution < -0.4 is 24.3 Å². The summed E-state index contributed by atoms with van der Waals surface area (Å²) in [5.41, 5.74) is 6.26. The van der Waals surface area contributed by atoms with Crippen molar-refractivity contribution in [2.75, 3.05) is 52.5 Å². The van der Waals surface area contributed by atoms with Crippen LogP contribution in [-0.2, 0) is 6.54 Å². The molecule has 262 valence electrons. The third-order valence-corrected chi connectivity index (χ3v) is 9.33. The van der Waals surface area contributed by atoms with E-state index in [-0.39, 0.29) is 24.3 Å². The number of piperazine rings is 1. The van der Waals surface area contributed by atoms with E-state index in [0.29, 0.717) is 66.9 Å². The maximum absolute atomic E-state index is 14.1. The molecule has 52 heavy (non-hydrogen) atoms. The molecule has 8 rings (SSSR count). The summed E-state index contributed by atoms with van der Waals surface area (Å²) in [6, 6.07) is 32.3. The number of ether oxygens (including phenoxy) is 4. The van der Waals surface area contributed by atoms with Gasteiger partial charge in [-0.1, -0.05) is 48.5 Å². The molecule has 2 aromatic heterocycles. The zero-order valence-electron chi connectivity index (χ0n) is 28.7. The normalized spacial score (nSPS) is 13.7. The Morgan fingerprint density at radius 2 is 1.46 bits per heavy atom. The standard InChI is InChI=1S/C40H36N6O6/c1-49-34-15-13-28(21-36(34)50-2)33-22-32(42-38-23-31(43-46(33)38)27-8-4-3-5-9-27)40(48)45-18-16-44(17-19-45)39(47)29-10-6-7-11-30(29)41-24-26-12-14-35-37(20-26)52-25-51-35/h3-15,20-23,41H,16-19,24-25H2,1-2H3. The summed E-state index contributed by atoms with van der Waals surface area (Å²) in [5, 5.41) is 8.29. The minimum Gasteiger partial charge on any atom is -0.493 e. The molecule has 4 aromatic carbocycles. The van der Waals surface area contributed by atoms with Crippen molar-refractivity contribution in [3.63, 3.8) is 0 Å². The van der Waals surface area contributed by atoms with Gasteiger partial charge in [0.15, 0.2) is 28.6 Å². The molecule has 1 saturated heterocycles. The average molecular weight is 697 g/mol. The Kier molecular flexibility index (Phi) is 8.78. The minimum absolute atomic E-state index is 0.0936. The maximum Gasteiger partial charge on any atom is 0.272 e. The van der Waals surface area contributed by atoms with Gasteiger partial charge in [-0.05, 0) is 54.1 Å². The van der Waals surface area contributed by atoms with Crippen LogP contribution in [0.5, 0.6) is 23.0 Å². The summed E-state index contributed by atoms with van der Waals surface area (Å²) >= 11 is 0. The first kappa shape index (κ1) is 32.6. The van der Waals surface area contributed by atoms with Crippen LogP contribution in [0.2, 0.25) is 0 Å². The third-order valence-electron chi connectivity index (χ3n) is 9.33. The van der Waals surface area contributed by atoms with Crippen molar-refractivity contribution in [2.24, 2.45) is 0 Å². The second kappa shape index (κ2) is 14.0. The predicted octanol–water partition coefficient (Wildman–Crippen LogP) is 6.02. The number of methoxy groups -OCH3 is 2. The van der Waals surface area contributed by atoms with E-state index in [0.717, 1.165) is 33.8 Å². The fourth-order valence-corrected chi connectivity index (χ4v) is 6.55. The molecule has 0 unspecified atom stereocenters. The van der Waals surface area contributed by atoms with Crippen LogP contribution in [0.4, 0.5) is 5.69 Å². The molecule has 2 aliphatic heterocycles. The van der Waals surface area contributed by atoms with E-state index in [1.165, 1.54) is 0 Å². The number of para-hydroxylation sites is 1. The molecular formula is C40H36N6O6. The number of carbonyl (C=O) groups is 2. The number of benzene rings is 4. The van der Waals surface area contributed by atoms with E-state index in [1.54, 1.807) is 34.6 Å². The fourth-order valence-electron chi connectivity index (χ4n) is 6.55. The van der Waals surface area contributed by atoms with Crippen molar-refractivity contribution in [3.8, 4) is 45.5 Å². The minimum atomic E-state index is -0.218. The zero-order valence-corrected chi connectivity index (χ0v) is 28.7. The van der Waals surface area contributed by atoms with Gasteiger partial charge in [-0.2, -0.15) is 5.10 Å². The largest absolute Gasteiger partial charge is 0.493 e. The predicted molar refractivity (Wildman–Crippen MR) is 195 cm³/mol. The van der Waals surface area contributed by atoms with E-state index in [1.807, 2.05) is 97.1 Å². The van der Waals surface area contributed by atoms with E-state index >= 15 is 0 Å². The van der Waals surface area contributed by atoms with Crippen LogP contribution in [0.3, 0.4) is 0 Å². The monoisotopic (exact) mass is 696 g/mol. The third kappa shape index (κ3) is 6.30. The van der Waals surface area contributed by atoms with Crippen LogP contribution in [0.15, 0.2) is 103 Å². The zero-order chi connectivity index (χ0) is 35.6. The number of anilines is 1. The molecule has 0 aliphatic carbocycles. The van der Waals surface area contributed by atoms with Gasteiger partial charge in [0.05, 0.1) is 31.2 Å². The number of hydrogen-bond acceptors (Lipinski definition) is 9. The molecule has 0 saturated carbocycles. The molecule has 2 aliphatic rings. The van der Waals surface area contributed by atoms with Crippen LogP contribution in [0, 0.1) is 0 Å². The van der Waals surface area contributed by atoms with E-state index < -0.39 is 0 Å². The number of aromatic nitrogens is 3. The molecule has 2 amide bonds. The lowest BCUT2D eigenvalue weighted by Gasteiger charge is -2.35. The highest BCUT2D eigenvalue weighted by Gasteiger charge is 2.28. The molecule has 6 aromatic rings. The summed E-state index contributed by atoms with van der Waals surface area (Å²) in [5.74, 6) is 2.28. The Hall–Kier alpha value is -6.56. The number of rotatable bonds is 9. The molecule has 0 spiro atoms. The van der Waals surface area contributed by atoms with Gasteiger partial charge < -0.3 is 34.1 Å².